The van der Waals surface area contributed by atoms with Crippen LogP contribution in [0.3, 0.4) is 0 Å². The third-order valence-electron chi connectivity index (χ3n) is 4.27. The number of thiazole rings is 1. The molecule has 0 radical (unpaired) electrons. The smallest absolute Gasteiger partial charge is 0.240 e. The van der Waals surface area contributed by atoms with E-state index in [4.69, 9.17) is 0 Å². The summed E-state index contributed by atoms with van der Waals surface area (Å²) < 4.78 is 0. The number of aryl methyl sites for hydroxylation is 2. The molecule has 110 valence electrons. The van der Waals surface area contributed by atoms with Crippen LogP contribution in [-0.4, -0.2) is 34.4 Å². The summed E-state index contributed by atoms with van der Waals surface area (Å²) in [5.41, 5.74) is 1.07. The second-order valence-electron chi connectivity index (χ2n) is 6.03. The minimum atomic E-state index is 0.0352. The average Bonchev–Trinajstić information content (AvgIpc) is 3.15. The van der Waals surface area contributed by atoms with Gasteiger partial charge in [-0.1, -0.05) is 0 Å². The second kappa shape index (κ2) is 5.45. The Kier molecular flexibility index (Phi) is 3.82. The number of carbonyl (C=O) groups excluding carboxylic acids is 1. The molecule has 1 N–H and O–H groups in total. The lowest BCUT2D eigenvalue weighted by Gasteiger charge is -2.36. The lowest BCUT2D eigenvalue weighted by atomic mass is 10.0. The van der Waals surface area contributed by atoms with E-state index in [-0.39, 0.29) is 18.0 Å². The Labute approximate surface area is 124 Å². The normalized spacial score (nSPS) is 25.1. The number of nitrogens with one attached hydrogen (secondary N) is 1. The van der Waals surface area contributed by atoms with Gasteiger partial charge >= 0.3 is 0 Å². The Bertz CT molecular complexity index is 509. The highest BCUT2D eigenvalue weighted by atomic mass is 32.1. The Hall–Kier alpha value is -0.940. The molecule has 5 heteroatoms. The summed E-state index contributed by atoms with van der Waals surface area (Å²) in [4.78, 5) is 20.4. The highest BCUT2D eigenvalue weighted by Crippen LogP contribution is 2.32. The number of rotatable bonds is 4. The van der Waals surface area contributed by atoms with Crippen molar-refractivity contribution in [1.29, 1.82) is 0 Å². The van der Waals surface area contributed by atoms with Gasteiger partial charge in [-0.25, -0.2) is 4.98 Å². The maximum absolute atomic E-state index is 12.7. The molecule has 2 aliphatic rings. The first-order valence-electron chi connectivity index (χ1n) is 7.56. The van der Waals surface area contributed by atoms with Crippen LogP contribution in [-0.2, 0) is 4.79 Å². The van der Waals surface area contributed by atoms with Crippen LogP contribution < -0.4 is 5.32 Å². The summed E-state index contributed by atoms with van der Waals surface area (Å²) in [5, 5.41) is 4.58. The minimum Gasteiger partial charge on any atom is -0.334 e. The highest BCUT2D eigenvalue weighted by Gasteiger charge is 2.36. The quantitative estimate of drug-likeness (QED) is 0.928. The van der Waals surface area contributed by atoms with E-state index >= 15 is 0 Å². The molecule has 2 fully saturated rings. The molecule has 1 saturated carbocycles. The Morgan fingerprint density at radius 2 is 2.10 bits per heavy atom. The van der Waals surface area contributed by atoms with Crippen molar-refractivity contribution < 1.29 is 4.79 Å². The molecule has 0 aromatic carbocycles. The fraction of sp³-hybridized carbons (Fsp3) is 0.733. The van der Waals surface area contributed by atoms with Crippen LogP contribution in [0.25, 0.3) is 0 Å². The molecule has 1 aliphatic carbocycles. The molecule has 3 rings (SSSR count). The average molecular weight is 293 g/mol. The maximum Gasteiger partial charge on any atom is 0.240 e. The number of piperidine rings is 1. The van der Waals surface area contributed by atoms with Crippen molar-refractivity contribution in [2.75, 3.05) is 6.54 Å². The zero-order valence-electron chi connectivity index (χ0n) is 12.5. The topological polar surface area (TPSA) is 45.2 Å². The van der Waals surface area contributed by atoms with Crippen LogP contribution in [0.2, 0.25) is 0 Å². The van der Waals surface area contributed by atoms with Gasteiger partial charge in [-0.2, -0.15) is 0 Å². The lowest BCUT2D eigenvalue weighted by Crippen LogP contribution is -2.51. The van der Waals surface area contributed by atoms with Gasteiger partial charge in [0.1, 0.15) is 0 Å². The van der Waals surface area contributed by atoms with Gasteiger partial charge in [-0.15, -0.1) is 11.3 Å². The molecule has 1 aromatic heterocycles. The van der Waals surface area contributed by atoms with Crippen LogP contribution >= 0.6 is 11.3 Å². The molecule has 2 unspecified atom stereocenters. The van der Waals surface area contributed by atoms with E-state index in [1.165, 1.54) is 17.7 Å². The number of nitrogens with zero attached hydrogens (tertiary/aromatic N) is 2. The molecular formula is C15H23N3OS. The van der Waals surface area contributed by atoms with E-state index in [9.17, 15) is 4.79 Å². The first-order valence-corrected chi connectivity index (χ1v) is 8.38. The summed E-state index contributed by atoms with van der Waals surface area (Å²) in [5.74, 6) is 0.279. The van der Waals surface area contributed by atoms with E-state index in [1.54, 1.807) is 11.3 Å². The summed E-state index contributed by atoms with van der Waals surface area (Å²) in [7, 11) is 0. The first kappa shape index (κ1) is 14.0. The Morgan fingerprint density at radius 1 is 1.35 bits per heavy atom. The second-order valence-corrected chi connectivity index (χ2v) is 7.26. The van der Waals surface area contributed by atoms with E-state index in [0.717, 1.165) is 30.1 Å². The number of hydrogen-bond donors (Lipinski definition) is 1. The predicted octanol–water partition coefficient (Wildman–Crippen LogP) is 2.56. The van der Waals surface area contributed by atoms with Crippen LogP contribution in [0.4, 0.5) is 0 Å². The van der Waals surface area contributed by atoms with E-state index in [0.29, 0.717) is 6.04 Å². The molecule has 4 nitrogen and oxygen atoms in total. The van der Waals surface area contributed by atoms with Gasteiger partial charge < -0.3 is 10.2 Å². The van der Waals surface area contributed by atoms with E-state index in [2.05, 4.69) is 17.2 Å². The van der Waals surface area contributed by atoms with Gasteiger partial charge in [-0.05, 0) is 46.5 Å². The zero-order valence-corrected chi connectivity index (χ0v) is 13.3. The molecular weight excluding hydrogens is 270 g/mol. The van der Waals surface area contributed by atoms with Crippen LogP contribution in [0.5, 0.6) is 0 Å². The largest absolute Gasteiger partial charge is 0.334 e. The van der Waals surface area contributed by atoms with Crippen LogP contribution in [0.15, 0.2) is 0 Å². The van der Waals surface area contributed by atoms with Crippen molar-refractivity contribution in [3.63, 3.8) is 0 Å². The Balaban J connectivity index is 1.74. The predicted molar refractivity (Wildman–Crippen MR) is 80.9 cm³/mol. The SMILES string of the molecule is Cc1nc(C)c(C(C)N2CCCC(NC3CC3)C2=O)s1. The molecule has 2 atom stereocenters. The number of likely N-dealkylation sites (tertiary alicyclic amines) is 1. The van der Waals surface area contributed by atoms with Gasteiger partial charge in [0, 0.05) is 17.5 Å². The van der Waals surface area contributed by atoms with E-state index < -0.39 is 0 Å². The summed E-state index contributed by atoms with van der Waals surface area (Å²) in [6.07, 6.45) is 4.54. The summed E-state index contributed by atoms with van der Waals surface area (Å²) in [6.45, 7) is 7.09. The van der Waals surface area contributed by atoms with Crippen molar-refractivity contribution >= 4 is 17.2 Å². The zero-order chi connectivity index (χ0) is 14.3. The van der Waals surface area contributed by atoms with Crippen molar-refractivity contribution in [2.45, 2.75) is 64.6 Å². The number of carbonyl (C=O) groups is 1. The maximum atomic E-state index is 12.7. The van der Waals surface area contributed by atoms with Crippen molar-refractivity contribution in [1.82, 2.24) is 15.2 Å². The van der Waals surface area contributed by atoms with Gasteiger partial charge in [-0.3, -0.25) is 4.79 Å². The summed E-state index contributed by atoms with van der Waals surface area (Å²) >= 11 is 1.72. The molecule has 1 aliphatic heterocycles. The fourth-order valence-corrected chi connectivity index (χ4v) is 4.04. The summed E-state index contributed by atoms with van der Waals surface area (Å²) in [6, 6.07) is 0.775. The molecule has 20 heavy (non-hydrogen) atoms. The van der Waals surface area contributed by atoms with E-state index in [1.807, 2.05) is 18.7 Å². The van der Waals surface area contributed by atoms with Crippen molar-refractivity contribution in [3.05, 3.63) is 15.6 Å². The molecule has 1 aromatic rings. The molecule has 1 amide bonds. The van der Waals surface area contributed by atoms with Crippen molar-refractivity contribution in [2.24, 2.45) is 0 Å². The molecule has 0 spiro atoms. The first-order chi connectivity index (χ1) is 9.56. The third kappa shape index (κ3) is 2.74. The van der Waals surface area contributed by atoms with Gasteiger partial charge in [0.2, 0.25) is 5.91 Å². The minimum absolute atomic E-state index is 0.0352. The molecule has 1 saturated heterocycles. The third-order valence-corrected chi connectivity index (χ3v) is 5.52. The Morgan fingerprint density at radius 3 is 2.70 bits per heavy atom. The monoisotopic (exact) mass is 293 g/mol. The fourth-order valence-electron chi connectivity index (χ4n) is 3.05. The highest BCUT2D eigenvalue weighted by molar-refractivity contribution is 7.11. The van der Waals surface area contributed by atoms with Gasteiger partial charge in [0.15, 0.2) is 0 Å². The number of hydrogen-bond acceptors (Lipinski definition) is 4. The number of aromatic nitrogens is 1. The molecule has 0 bridgehead atoms. The molecule has 2 heterocycles. The van der Waals surface area contributed by atoms with Crippen LogP contribution in [0.1, 0.15) is 54.2 Å². The van der Waals surface area contributed by atoms with Gasteiger partial charge in [0.05, 0.1) is 22.8 Å². The number of amides is 1. The standard InChI is InChI=1S/C15H23N3OS/c1-9-14(20-11(3)16-9)10(2)18-8-4-5-13(15(18)19)17-12-6-7-12/h10,12-13,17H,4-8H2,1-3H3. The lowest BCUT2D eigenvalue weighted by molar-refractivity contribution is -0.138. The van der Waals surface area contributed by atoms with Gasteiger partial charge in [0.25, 0.3) is 0 Å². The van der Waals surface area contributed by atoms with Crippen LogP contribution in [0, 0.1) is 13.8 Å². The van der Waals surface area contributed by atoms with Crippen molar-refractivity contribution in [3.8, 4) is 0 Å².